The van der Waals surface area contributed by atoms with Gasteiger partial charge in [0.15, 0.2) is 18.1 Å². The number of esters is 1. The molecule has 0 atom stereocenters. The molecule has 0 spiro atoms. The summed E-state index contributed by atoms with van der Waals surface area (Å²) in [6.45, 7) is 1.85. The molecule has 138 valence electrons. The van der Waals surface area contributed by atoms with Crippen molar-refractivity contribution in [1.82, 2.24) is 4.90 Å². The standard InChI is InChI=1S/C18H19NO5S2/c1-3-23-16(20)10-24-13-7-4-11(8-14(13)22-2)9-15-17(21)19(12-5-6-12)18(25)26-15/h4,7-9,12H,3,5-6,10H2,1-2H3/b15-9-. The molecule has 1 aromatic rings. The summed E-state index contributed by atoms with van der Waals surface area (Å²) >= 11 is 6.63. The van der Waals surface area contributed by atoms with E-state index < -0.39 is 5.97 Å². The number of thioether (sulfide) groups is 1. The topological polar surface area (TPSA) is 65.1 Å². The molecule has 3 rings (SSSR count). The lowest BCUT2D eigenvalue weighted by molar-refractivity contribution is -0.145. The van der Waals surface area contributed by atoms with E-state index in [0.717, 1.165) is 18.4 Å². The van der Waals surface area contributed by atoms with Crippen LogP contribution in [0.1, 0.15) is 25.3 Å². The molecule has 1 aliphatic carbocycles. The third-order valence-electron chi connectivity index (χ3n) is 3.87. The number of nitrogens with zero attached hydrogens (tertiary/aromatic N) is 1. The van der Waals surface area contributed by atoms with Crippen LogP contribution < -0.4 is 9.47 Å². The number of ether oxygens (including phenoxy) is 3. The zero-order valence-electron chi connectivity index (χ0n) is 14.5. The van der Waals surface area contributed by atoms with Crippen molar-refractivity contribution < 1.29 is 23.8 Å². The minimum atomic E-state index is -0.442. The van der Waals surface area contributed by atoms with Crippen LogP contribution in [-0.2, 0) is 14.3 Å². The summed E-state index contributed by atoms with van der Waals surface area (Å²) in [4.78, 5) is 26.2. The van der Waals surface area contributed by atoms with Crippen molar-refractivity contribution in [2.45, 2.75) is 25.8 Å². The maximum absolute atomic E-state index is 12.5. The third-order valence-corrected chi connectivity index (χ3v) is 5.20. The minimum Gasteiger partial charge on any atom is -0.493 e. The molecular weight excluding hydrogens is 374 g/mol. The molecule has 6 nitrogen and oxygen atoms in total. The van der Waals surface area contributed by atoms with Crippen LogP contribution in [0.3, 0.4) is 0 Å². The van der Waals surface area contributed by atoms with Gasteiger partial charge in [0, 0.05) is 6.04 Å². The Morgan fingerprint density at radius 3 is 2.81 bits per heavy atom. The highest BCUT2D eigenvalue weighted by atomic mass is 32.2. The number of hydrogen-bond acceptors (Lipinski definition) is 7. The maximum Gasteiger partial charge on any atom is 0.344 e. The van der Waals surface area contributed by atoms with E-state index >= 15 is 0 Å². The van der Waals surface area contributed by atoms with Gasteiger partial charge < -0.3 is 14.2 Å². The molecule has 1 aliphatic heterocycles. The van der Waals surface area contributed by atoms with Gasteiger partial charge in [-0.3, -0.25) is 9.69 Å². The fourth-order valence-electron chi connectivity index (χ4n) is 2.51. The normalized spacial score (nSPS) is 18.4. The monoisotopic (exact) mass is 393 g/mol. The molecule has 2 fully saturated rings. The summed E-state index contributed by atoms with van der Waals surface area (Å²) in [6.07, 6.45) is 3.82. The molecule has 1 saturated heterocycles. The average Bonchev–Trinajstić information content (AvgIpc) is 3.40. The van der Waals surface area contributed by atoms with Crippen molar-refractivity contribution in [3.63, 3.8) is 0 Å². The van der Waals surface area contributed by atoms with Gasteiger partial charge in [-0.25, -0.2) is 4.79 Å². The van der Waals surface area contributed by atoms with Crippen LogP contribution in [0, 0.1) is 0 Å². The molecule has 1 heterocycles. The molecule has 1 amide bonds. The van der Waals surface area contributed by atoms with Gasteiger partial charge >= 0.3 is 5.97 Å². The van der Waals surface area contributed by atoms with Crippen LogP contribution in [-0.4, -0.2) is 47.5 Å². The van der Waals surface area contributed by atoms with Gasteiger partial charge in [0.05, 0.1) is 18.6 Å². The molecule has 0 aromatic heterocycles. The van der Waals surface area contributed by atoms with Crippen molar-refractivity contribution in [2.75, 3.05) is 20.3 Å². The van der Waals surface area contributed by atoms with Gasteiger partial charge in [-0.2, -0.15) is 0 Å². The smallest absolute Gasteiger partial charge is 0.344 e. The van der Waals surface area contributed by atoms with E-state index in [-0.39, 0.29) is 18.6 Å². The fraction of sp³-hybridized carbons (Fsp3) is 0.389. The van der Waals surface area contributed by atoms with Gasteiger partial charge in [0.1, 0.15) is 4.32 Å². The maximum atomic E-state index is 12.5. The van der Waals surface area contributed by atoms with Gasteiger partial charge in [-0.1, -0.05) is 30.0 Å². The first-order chi connectivity index (χ1) is 12.5. The van der Waals surface area contributed by atoms with Crippen LogP contribution in [0.25, 0.3) is 6.08 Å². The third kappa shape index (κ3) is 4.19. The quantitative estimate of drug-likeness (QED) is 0.401. The van der Waals surface area contributed by atoms with Crippen LogP contribution >= 0.6 is 24.0 Å². The van der Waals surface area contributed by atoms with Crippen molar-refractivity contribution in [3.05, 3.63) is 28.7 Å². The highest BCUT2D eigenvalue weighted by Crippen LogP contribution is 2.40. The van der Waals surface area contributed by atoms with E-state index in [1.54, 1.807) is 36.1 Å². The zero-order chi connectivity index (χ0) is 18.7. The Morgan fingerprint density at radius 1 is 1.38 bits per heavy atom. The van der Waals surface area contributed by atoms with Crippen LogP contribution in [0.15, 0.2) is 23.1 Å². The number of carbonyl (C=O) groups excluding carboxylic acids is 2. The van der Waals surface area contributed by atoms with Crippen molar-refractivity contribution in [3.8, 4) is 11.5 Å². The van der Waals surface area contributed by atoms with E-state index in [1.165, 1.54) is 18.9 Å². The zero-order valence-corrected chi connectivity index (χ0v) is 16.2. The Labute approximate surface area is 161 Å². The molecule has 0 bridgehead atoms. The molecule has 0 N–H and O–H groups in total. The predicted octanol–water partition coefficient (Wildman–Crippen LogP) is 3.00. The lowest BCUT2D eigenvalue weighted by Gasteiger charge is -2.12. The van der Waals surface area contributed by atoms with Crippen LogP contribution in [0.5, 0.6) is 11.5 Å². The van der Waals surface area contributed by atoms with Crippen molar-refractivity contribution in [1.29, 1.82) is 0 Å². The Hall–Kier alpha value is -2.06. The SMILES string of the molecule is CCOC(=O)COc1ccc(/C=C2\SC(=S)N(C3CC3)C2=O)cc1OC. The second kappa shape index (κ2) is 8.09. The summed E-state index contributed by atoms with van der Waals surface area (Å²) < 4.78 is 16.2. The summed E-state index contributed by atoms with van der Waals surface area (Å²) in [6, 6.07) is 5.52. The number of carbonyl (C=O) groups is 2. The second-order valence-corrected chi connectivity index (χ2v) is 7.46. The van der Waals surface area contributed by atoms with Crippen molar-refractivity contribution in [2.24, 2.45) is 0 Å². The molecule has 8 heteroatoms. The summed E-state index contributed by atoms with van der Waals surface area (Å²) in [5.41, 5.74) is 0.793. The minimum absolute atomic E-state index is 0.0379. The van der Waals surface area contributed by atoms with E-state index in [4.69, 9.17) is 26.4 Å². The van der Waals surface area contributed by atoms with E-state index in [0.29, 0.717) is 27.3 Å². The van der Waals surface area contributed by atoms with Crippen molar-refractivity contribution >= 4 is 46.3 Å². The van der Waals surface area contributed by atoms with Crippen LogP contribution in [0.2, 0.25) is 0 Å². The second-order valence-electron chi connectivity index (χ2n) is 5.79. The fourth-order valence-corrected chi connectivity index (χ4v) is 3.91. The summed E-state index contributed by atoms with van der Waals surface area (Å²) in [5, 5.41) is 0. The number of hydrogen-bond donors (Lipinski definition) is 0. The molecule has 26 heavy (non-hydrogen) atoms. The molecule has 0 radical (unpaired) electrons. The van der Waals surface area contributed by atoms with Gasteiger partial charge in [-0.15, -0.1) is 0 Å². The van der Waals surface area contributed by atoms with E-state index in [9.17, 15) is 9.59 Å². The summed E-state index contributed by atoms with van der Waals surface area (Å²) in [7, 11) is 1.52. The predicted molar refractivity (Wildman–Crippen MR) is 103 cm³/mol. The first-order valence-electron chi connectivity index (χ1n) is 8.27. The van der Waals surface area contributed by atoms with Gasteiger partial charge in [0.2, 0.25) is 0 Å². The molecule has 1 aromatic carbocycles. The molecule has 1 saturated carbocycles. The largest absolute Gasteiger partial charge is 0.493 e. The first kappa shape index (κ1) is 18.7. The number of rotatable bonds is 7. The highest BCUT2D eigenvalue weighted by molar-refractivity contribution is 8.26. The molecule has 0 unspecified atom stereocenters. The average molecular weight is 393 g/mol. The van der Waals surface area contributed by atoms with E-state index in [2.05, 4.69) is 0 Å². The van der Waals surface area contributed by atoms with E-state index in [1.807, 2.05) is 0 Å². The van der Waals surface area contributed by atoms with Crippen LogP contribution in [0.4, 0.5) is 0 Å². The number of benzene rings is 1. The number of amides is 1. The Kier molecular flexibility index (Phi) is 5.83. The number of thiocarbonyl (C=S) groups is 1. The lowest BCUT2D eigenvalue weighted by atomic mass is 10.2. The Morgan fingerprint density at radius 2 is 2.15 bits per heavy atom. The lowest BCUT2D eigenvalue weighted by Crippen LogP contribution is -2.30. The van der Waals surface area contributed by atoms with Gasteiger partial charge in [0.25, 0.3) is 5.91 Å². The number of methoxy groups -OCH3 is 1. The Balaban J connectivity index is 1.74. The first-order valence-corrected chi connectivity index (χ1v) is 9.49. The van der Waals surface area contributed by atoms with Gasteiger partial charge in [-0.05, 0) is 43.5 Å². The summed E-state index contributed by atoms with van der Waals surface area (Å²) in [5.74, 6) is 0.426. The molecule has 2 aliphatic rings. The molecular formula is C18H19NO5S2. The highest BCUT2D eigenvalue weighted by Gasteiger charge is 2.41. The Bertz CT molecular complexity index is 773.